The molecular formula is C25H28ClNO5. The molecule has 4 rings (SSSR count). The van der Waals surface area contributed by atoms with E-state index in [1.165, 1.54) is 19.6 Å². The number of methoxy groups -OCH3 is 2. The fourth-order valence-electron chi connectivity index (χ4n) is 4.40. The molecule has 1 unspecified atom stereocenters. The molecule has 0 saturated carbocycles. The molecule has 1 aliphatic heterocycles. The number of halogens is 1. The zero-order valence-electron chi connectivity index (χ0n) is 18.4. The Morgan fingerprint density at radius 1 is 1.09 bits per heavy atom. The fraction of sp³-hybridized carbons (Fsp3) is 0.400. The first kappa shape index (κ1) is 22.6. The zero-order valence-corrected chi connectivity index (χ0v) is 19.2. The van der Waals surface area contributed by atoms with Crippen LogP contribution < -0.4 is 14.9 Å². The van der Waals surface area contributed by atoms with Gasteiger partial charge < -0.3 is 23.9 Å². The van der Waals surface area contributed by atoms with Crippen molar-refractivity contribution < 1.29 is 19.0 Å². The first-order valence-corrected chi connectivity index (χ1v) is 11.3. The van der Waals surface area contributed by atoms with Crippen LogP contribution in [0.4, 0.5) is 0 Å². The summed E-state index contributed by atoms with van der Waals surface area (Å²) in [7, 11) is 3.05. The number of benzene rings is 2. The van der Waals surface area contributed by atoms with Crippen LogP contribution in [0.25, 0.3) is 22.3 Å². The number of aliphatic hydroxyl groups excluding tert-OH is 1. The molecule has 3 aromatic rings. The largest absolute Gasteiger partial charge is 0.496 e. The predicted octanol–water partition coefficient (Wildman–Crippen LogP) is 4.52. The summed E-state index contributed by atoms with van der Waals surface area (Å²) in [6.07, 6.45) is 3.19. The van der Waals surface area contributed by atoms with E-state index in [1.807, 2.05) is 12.1 Å². The van der Waals surface area contributed by atoms with Gasteiger partial charge in [-0.1, -0.05) is 30.2 Å². The van der Waals surface area contributed by atoms with Crippen molar-refractivity contribution in [2.24, 2.45) is 0 Å². The van der Waals surface area contributed by atoms with E-state index in [2.05, 4.69) is 4.90 Å². The molecule has 32 heavy (non-hydrogen) atoms. The summed E-state index contributed by atoms with van der Waals surface area (Å²) in [5.74, 6) is 1.23. The minimum atomic E-state index is -0.632. The molecule has 2 heterocycles. The molecule has 1 fully saturated rings. The number of hydrogen-bond acceptors (Lipinski definition) is 6. The molecule has 2 aromatic carbocycles. The maximum Gasteiger partial charge on any atom is 0.197 e. The quantitative estimate of drug-likeness (QED) is 0.562. The zero-order chi connectivity index (χ0) is 22.7. The van der Waals surface area contributed by atoms with E-state index in [9.17, 15) is 9.90 Å². The van der Waals surface area contributed by atoms with Crippen molar-refractivity contribution in [3.63, 3.8) is 0 Å². The lowest BCUT2D eigenvalue weighted by atomic mass is 10.0. The van der Waals surface area contributed by atoms with Gasteiger partial charge in [0.15, 0.2) is 5.43 Å². The van der Waals surface area contributed by atoms with Gasteiger partial charge in [-0.2, -0.15) is 0 Å². The van der Waals surface area contributed by atoms with Crippen molar-refractivity contribution in [1.29, 1.82) is 0 Å². The Morgan fingerprint density at radius 2 is 1.81 bits per heavy atom. The van der Waals surface area contributed by atoms with Crippen LogP contribution in [0.1, 0.15) is 24.8 Å². The maximum absolute atomic E-state index is 13.1. The highest BCUT2D eigenvalue weighted by atomic mass is 35.5. The van der Waals surface area contributed by atoms with E-state index in [4.69, 9.17) is 25.5 Å². The number of likely N-dealkylation sites (tertiary alicyclic amines) is 1. The van der Waals surface area contributed by atoms with Gasteiger partial charge in [0.25, 0.3) is 0 Å². The minimum absolute atomic E-state index is 0.243. The lowest BCUT2D eigenvalue weighted by Gasteiger charge is -2.28. The SMILES string of the molecule is COc1cc(OC)c2c(=O)cc(-c3ccccc3Cl)oc2c1CC(O)CN1CCCCC1. The molecule has 0 spiro atoms. The van der Waals surface area contributed by atoms with Crippen LogP contribution >= 0.6 is 11.6 Å². The Labute approximate surface area is 192 Å². The lowest BCUT2D eigenvalue weighted by molar-refractivity contribution is 0.101. The first-order chi connectivity index (χ1) is 15.5. The van der Waals surface area contributed by atoms with Gasteiger partial charge in [0.1, 0.15) is 28.2 Å². The van der Waals surface area contributed by atoms with E-state index in [0.717, 1.165) is 25.9 Å². The lowest BCUT2D eigenvalue weighted by Crippen LogP contribution is -2.37. The van der Waals surface area contributed by atoms with Crippen molar-refractivity contribution in [3.05, 3.63) is 57.2 Å². The highest BCUT2D eigenvalue weighted by molar-refractivity contribution is 6.33. The summed E-state index contributed by atoms with van der Waals surface area (Å²) in [6.45, 7) is 2.54. The van der Waals surface area contributed by atoms with E-state index >= 15 is 0 Å². The highest BCUT2D eigenvalue weighted by Crippen LogP contribution is 2.38. The van der Waals surface area contributed by atoms with Gasteiger partial charge >= 0.3 is 0 Å². The summed E-state index contributed by atoms with van der Waals surface area (Å²) in [5, 5.41) is 11.7. The summed E-state index contributed by atoms with van der Waals surface area (Å²) in [5.41, 5.74) is 1.36. The van der Waals surface area contributed by atoms with Crippen LogP contribution in [0, 0.1) is 0 Å². The van der Waals surface area contributed by atoms with E-state index in [1.54, 1.807) is 25.3 Å². The molecule has 1 aromatic heterocycles. The van der Waals surface area contributed by atoms with E-state index in [0.29, 0.717) is 50.9 Å². The van der Waals surface area contributed by atoms with Crippen molar-refractivity contribution in [2.75, 3.05) is 33.9 Å². The van der Waals surface area contributed by atoms with Gasteiger partial charge in [-0.05, 0) is 38.1 Å². The smallest absolute Gasteiger partial charge is 0.197 e. The third-order valence-electron chi connectivity index (χ3n) is 5.96. The van der Waals surface area contributed by atoms with Gasteiger partial charge in [-0.25, -0.2) is 0 Å². The number of fused-ring (bicyclic) bond motifs is 1. The molecule has 0 aliphatic carbocycles. The molecule has 170 valence electrons. The Hall–Kier alpha value is -2.54. The number of rotatable bonds is 7. The average Bonchev–Trinajstić information content (AvgIpc) is 2.80. The molecule has 6 nitrogen and oxygen atoms in total. The number of hydrogen-bond donors (Lipinski definition) is 1. The number of nitrogens with zero attached hydrogens (tertiary/aromatic N) is 1. The van der Waals surface area contributed by atoms with Crippen molar-refractivity contribution >= 4 is 22.6 Å². The van der Waals surface area contributed by atoms with Crippen LogP contribution in [0.15, 0.2) is 45.6 Å². The van der Waals surface area contributed by atoms with Gasteiger partial charge in [0.2, 0.25) is 0 Å². The molecule has 0 radical (unpaired) electrons. The summed E-state index contributed by atoms with van der Waals surface area (Å²) >= 11 is 6.36. The number of β-amino-alcohol motifs (C(OH)–C–C–N with tert-alkyl or cyclic N) is 1. The number of ether oxygens (including phenoxy) is 2. The van der Waals surface area contributed by atoms with Gasteiger partial charge in [0.05, 0.1) is 25.3 Å². The van der Waals surface area contributed by atoms with Gasteiger partial charge in [-0.3, -0.25) is 4.79 Å². The predicted molar refractivity (Wildman–Crippen MR) is 126 cm³/mol. The Bertz CT molecular complexity index is 1150. The fourth-order valence-corrected chi connectivity index (χ4v) is 4.63. The molecule has 1 saturated heterocycles. The van der Waals surface area contributed by atoms with Crippen molar-refractivity contribution in [1.82, 2.24) is 4.90 Å². The topological polar surface area (TPSA) is 72.1 Å². The molecule has 1 atom stereocenters. The maximum atomic E-state index is 13.1. The van der Waals surface area contributed by atoms with Crippen molar-refractivity contribution in [3.8, 4) is 22.8 Å². The van der Waals surface area contributed by atoms with Crippen LogP contribution in [-0.4, -0.2) is 50.0 Å². The Kier molecular flexibility index (Phi) is 7.04. The first-order valence-electron chi connectivity index (χ1n) is 10.9. The number of aliphatic hydroxyl groups is 1. The second-order valence-corrected chi connectivity index (χ2v) is 8.54. The molecule has 1 N–H and O–H groups in total. The van der Waals surface area contributed by atoms with Gasteiger partial charge in [-0.15, -0.1) is 0 Å². The monoisotopic (exact) mass is 457 g/mol. The third kappa shape index (κ3) is 4.63. The minimum Gasteiger partial charge on any atom is -0.496 e. The molecule has 1 aliphatic rings. The molecule has 7 heteroatoms. The summed E-state index contributed by atoms with van der Waals surface area (Å²) in [4.78, 5) is 15.4. The summed E-state index contributed by atoms with van der Waals surface area (Å²) < 4.78 is 17.3. The molecule has 0 amide bonds. The van der Waals surface area contributed by atoms with E-state index in [-0.39, 0.29) is 11.8 Å². The van der Waals surface area contributed by atoms with Crippen LogP contribution in [0.2, 0.25) is 5.02 Å². The standard InChI is InChI=1S/C25H28ClNO5/c1-30-21-14-23(31-2)24-20(29)13-22(17-8-4-5-9-19(17)26)32-25(24)18(21)12-16(28)15-27-10-6-3-7-11-27/h4-5,8-9,13-14,16,28H,3,6-7,10-12,15H2,1-2H3. The summed E-state index contributed by atoms with van der Waals surface area (Å²) in [6, 6.07) is 10.3. The van der Waals surface area contributed by atoms with Crippen molar-refractivity contribution in [2.45, 2.75) is 31.8 Å². The molecular weight excluding hydrogens is 430 g/mol. The highest BCUT2D eigenvalue weighted by Gasteiger charge is 2.23. The normalized spacial score (nSPS) is 15.6. The van der Waals surface area contributed by atoms with Crippen LogP contribution in [0.3, 0.4) is 0 Å². The second-order valence-electron chi connectivity index (χ2n) is 8.14. The Balaban J connectivity index is 1.82. The van der Waals surface area contributed by atoms with Crippen LogP contribution in [-0.2, 0) is 6.42 Å². The molecule has 0 bridgehead atoms. The van der Waals surface area contributed by atoms with E-state index < -0.39 is 6.10 Å². The van der Waals surface area contributed by atoms with Gasteiger partial charge in [0, 0.05) is 36.2 Å². The second kappa shape index (κ2) is 9.94. The number of piperidine rings is 1. The van der Waals surface area contributed by atoms with Crippen LogP contribution in [0.5, 0.6) is 11.5 Å². The Morgan fingerprint density at radius 3 is 2.50 bits per heavy atom. The average molecular weight is 458 g/mol. The third-order valence-corrected chi connectivity index (χ3v) is 6.29.